The highest BCUT2D eigenvalue weighted by atomic mass is 35.5. The van der Waals surface area contributed by atoms with Crippen molar-refractivity contribution in [2.24, 2.45) is 0 Å². The number of rotatable bonds is 8. The van der Waals surface area contributed by atoms with Gasteiger partial charge in [0, 0.05) is 11.1 Å². The van der Waals surface area contributed by atoms with Crippen molar-refractivity contribution in [3.63, 3.8) is 0 Å². The van der Waals surface area contributed by atoms with Gasteiger partial charge in [0.25, 0.3) is 20.0 Å². The Morgan fingerprint density at radius 1 is 0.583 bits per heavy atom. The Morgan fingerprint density at radius 2 is 1.03 bits per heavy atom. The standard InChI is InChI=1S/C26H23ClN2O5S2/c1-18-3-12-23(13-4-18)35(30,31)28-25-16-11-22(34-21-9-7-20(27)8-10-21)17-26(25)29-36(32,33)24-14-5-19(2)6-15-24/h3-17,28-29H,1-2H3. The zero-order valence-corrected chi connectivity index (χ0v) is 21.8. The summed E-state index contributed by atoms with van der Waals surface area (Å²) >= 11 is 5.92. The number of anilines is 2. The van der Waals surface area contributed by atoms with Crippen molar-refractivity contribution in [2.45, 2.75) is 23.6 Å². The number of nitrogens with one attached hydrogen (secondary N) is 2. The van der Waals surface area contributed by atoms with Crippen molar-refractivity contribution in [3.8, 4) is 11.5 Å². The second-order valence-corrected chi connectivity index (χ2v) is 11.9. The maximum absolute atomic E-state index is 13.1. The van der Waals surface area contributed by atoms with Crippen LogP contribution in [0.25, 0.3) is 0 Å². The van der Waals surface area contributed by atoms with Gasteiger partial charge in [-0.25, -0.2) is 16.8 Å². The molecule has 0 saturated heterocycles. The highest BCUT2D eigenvalue weighted by Gasteiger charge is 2.21. The molecule has 0 aliphatic heterocycles. The Kier molecular flexibility index (Phi) is 7.26. The van der Waals surface area contributed by atoms with Crippen LogP contribution in [0.5, 0.6) is 11.5 Å². The molecule has 0 aliphatic carbocycles. The van der Waals surface area contributed by atoms with E-state index in [9.17, 15) is 16.8 Å². The maximum Gasteiger partial charge on any atom is 0.261 e. The van der Waals surface area contributed by atoms with Gasteiger partial charge in [-0.2, -0.15) is 0 Å². The van der Waals surface area contributed by atoms with Crippen molar-refractivity contribution >= 4 is 43.0 Å². The second kappa shape index (κ2) is 10.2. The molecule has 0 unspecified atom stereocenters. The summed E-state index contributed by atoms with van der Waals surface area (Å²) in [6.07, 6.45) is 0. The molecule has 0 atom stereocenters. The Balaban J connectivity index is 1.72. The van der Waals surface area contributed by atoms with Gasteiger partial charge in [-0.05, 0) is 74.5 Å². The van der Waals surface area contributed by atoms with Gasteiger partial charge in [-0.1, -0.05) is 47.0 Å². The molecule has 4 aromatic carbocycles. The number of sulfonamides is 2. The van der Waals surface area contributed by atoms with Crippen molar-refractivity contribution in [1.82, 2.24) is 0 Å². The SMILES string of the molecule is Cc1ccc(S(=O)(=O)Nc2ccc(Oc3ccc(Cl)cc3)cc2NS(=O)(=O)c2ccc(C)cc2)cc1. The zero-order valence-electron chi connectivity index (χ0n) is 19.4. The van der Waals surface area contributed by atoms with Crippen molar-refractivity contribution < 1.29 is 21.6 Å². The van der Waals surface area contributed by atoms with Crippen LogP contribution < -0.4 is 14.2 Å². The van der Waals surface area contributed by atoms with Crippen LogP contribution in [0.2, 0.25) is 5.02 Å². The van der Waals surface area contributed by atoms with Crippen molar-refractivity contribution in [1.29, 1.82) is 0 Å². The molecule has 0 aromatic heterocycles. The molecule has 0 fully saturated rings. The van der Waals surface area contributed by atoms with Gasteiger partial charge in [0.1, 0.15) is 11.5 Å². The van der Waals surface area contributed by atoms with Gasteiger partial charge in [-0.3, -0.25) is 9.44 Å². The van der Waals surface area contributed by atoms with Gasteiger partial charge >= 0.3 is 0 Å². The van der Waals surface area contributed by atoms with E-state index in [0.717, 1.165) is 11.1 Å². The van der Waals surface area contributed by atoms with Crippen LogP contribution in [0.3, 0.4) is 0 Å². The van der Waals surface area contributed by atoms with Crippen LogP contribution in [-0.2, 0) is 20.0 Å². The first-order chi connectivity index (χ1) is 17.0. The second-order valence-electron chi connectivity index (χ2n) is 8.10. The largest absolute Gasteiger partial charge is 0.457 e. The van der Waals surface area contributed by atoms with E-state index in [-0.39, 0.29) is 26.9 Å². The number of hydrogen-bond acceptors (Lipinski definition) is 5. The quantitative estimate of drug-likeness (QED) is 0.270. The molecule has 0 spiro atoms. The van der Waals surface area contributed by atoms with E-state index in [1.807, 2.05) is 13.8 Å². The van der Waals surface area contributed by atoms with E-state index < -0.39 is 20.0 Å². The summed E-state index contributed by atoms with van der Waals surface area (Å²) in [5.74, 6) is 0.761. The molecule has 0 radical (unpaired) electrons. The Morgan fingerprint density at radius 3 is 1.53 bits per heavy atom. The highest BCUT2D eigenvalue weighted by Crippen LogP contribution is 2.33. The summed E-state index contributed by atoms with van der Waals surface area (Å²) in [4.78, 5) is 0.0754. The molecule has 0 bridgehead atoms. The smallest absolute Gasteiger partial charge is 0.261 e. The number of benzene rings is 4. The van der Waals surface area contributed by atoms with Crippen LogP contribution in [0.1, 0.15) is 11.1 Å². The summed E-state index contributed by atoms with van der Waals surface area (Å²) in [6.45, 7) is 3.69. The molecule has 0 heterocycles. The highest BCUT2D eigenvalue weighted by molar-refractivity contribution is 7.93. The van der Waals surface area contributed by atoms with Crippen LogP contribution in [-0.4, -0.2) is 16.8 Å². The molecule has 4 aromatic rings. The lowest BCUT2D eigenvalue weighted by Gasteiger charge is -2.16. The van der Waals surface area contributed by atoms with E-state index >= 15 is 0 Å². The van der Waals surface area contributed by atoms with Crippen LogP contribution in [0.15, 0.2) is 101 Å². The number of hydrogen-bond donors (Lipinski definition) is 2. The minimum absolute atomic E-state index is 0.00211. The van der Waals surface area contributed by atoms with E-state index in [4.69, 9.17) is 16.3 Å². The molecule has 2 N–H and O–H groups in total. The Bertz CT molecular complexity index is 1590. The molecular formula is C26H23ClN2O5S2. The molecule has 10 heteroatoms. The molecule has 4 rings (SSSR count). The van der Waals surface area contributed by atoms with E-state index in [2.05, 4.69) is 9.44 Å². The van der Waals surface area contributed by atoms with Gasteiger partial charge in [0.05, 0.1) is 21.2 Å². The third-order valence-corrected chi connectivity index (χ3v) is 8.21. The fourth-order valence-corrected chi connectivity index (χ4v) is 5.52. The lowest BCUT2D eigenvalue weighted by atomic mass is 10.2. The van der Waals surface area contributed by atoms with Crippen molar-refractivity contribution in [2.75, 3.05) is 9.44 Å². The van der Waals surface area contributed by atoms with Crippen molar-refractivity contribution in [3.05, 3.63) is 107 Å². The Labute approximate surface area is 215 Å². The topological polar surface area (TPSA) is 102 Å². The summed E-state index contributed by atoms with van der Waals surface area (Å²) in [5.41, 5.74) is 1.84. The maximum atomic E-state index is 13.1. The van der Waals surface area contributed by atoms with E-state index in [0.29, 0.717) is 10.8 Å². The number of halogens is 1. The van der Waals surface area contributed by atoms with Gasteiger partial charge in [0.2, 0.25) is 0 Å². The normalized spacial score (nSPS) is 11.6. The lowest BCUT2D eigenvalue weighted by molar-refractivity contribution is 0.483. The molecule has 0 amide bonds. The molecule has 186 valence electrons. The number of ether oxygens (including phenoxy) is 1. The summed E-state index contributed by atoms with van der Waals surface area (Å²) in [7, 11) is -8.03. The summed E-state index contributed by atoms with van der Waals surface area (Å²) in [5, 5.41) is 0.537. The molecule has 7 nitrogen and oxygen atoms in total. The molecule has 0 saturated carbocycles. The van der Waals surface area contributed by atoms with Crippen LogP contribution >= 0.6 is 11.6 Å². The molecule has 0 aliphatic rings. The summed E-state index contributed by atoms with van der Waals surface area (Å²) in [6, 6.07) is 23.6. The summed E-state index contributed by atoms with van der Waals surface area (Å²) < 4.78 is 63.0. The van der Waals surface area contributed by atoms with E-state index in [1.54, 1.807) is 48.5 Å². The third-order valence-electron chi connectivity index (χ3n) is 5.19. The predicted octanol–water partition coefficient (Wildman–Crippen LogP) is 6.35. The fraction of sp³-hybridized carbons (Fsp3) is 0.0769. The zero-order chi connectivity index (χ0) is 25.9. The fourth-order valence-electron chi connectivity index (χ4n) is 3.24. The Hall–Kier alpha value is -3.53. The first-order valence-electron chi connectivity index (χ1n) is 10.8. The molecule has 36 heavy (non-hydrogen) atoms. The number of aryl methyl sites for hydroxylation is 2. The van der Waals surface area contributed by atoms with E-state index in [1.165, 1.54) is 42.5 Å². The monoisotopic (exact) mass is 542 g/mol. The van der Waals surface area contributed by atoms with Gasteiger partial charge in [0.15, 0.2) is 0 Å². The van der Waals surface area contributed by atoms with Crippen LogP contribution in [0, 0.1) is 13.8 Å². The minimum atomic E-state index is -4.03. The lowest BCUT2D eigenvalue weighted by Crippen LogP contribution is -2.17. The third kappa shape index (κ3) is 6.17. The predicted molar refractivity (Wildman–Crippen MR) is 142 cm³/mol. The first kappa shape index (κ1) is 25.6. The molecular weight excluding hydrogens is 520 g/mol. The minimum Gasteiger partial charge on any atom is -0.457 e. The average molecular weight is 543 g/mol. The average Bonchev–Trinajstić information content (AvgIpc) is 2.82. The van der Waals surface area contributed by atoms with Gasteiger partial charge in [-0.15, -0.1) is 0 Å². The van der Waals surface area contributed by atoms with Crippen LogP contribution in [0.4, 0.5) is 11.4 Å². The van der Waals surface area contributed by atoms with Gasteiger partial charge < -0.3 is 4.74 Å². The first-order valence-corrected chi connectivity index (χ1v) is 14.1.